The third-order valence-electron chi connectivity index (χ3n) is 3.21. The van der Waals surface area contributed by atoms with Crippen molar-refractivity contribution < 1.29 is 9.05 Å². The van der Waals surface area contributed by atoms with Crippen molar-refractivity contribution in [3.05, 3.63) is 40.4 Å². The maximum absolute atomic E-state index is 5.74. The van der Waals surface area contributed by atoms with Crippen LogP contribution in [0, 0.1) is 13.8 Å². The van der Waals surface area contributed by atoms with E-state index in [1.54, 1.807) is 11.3 Å². The Balaban J connectivity index is 1.71. The maximum atomic E-state index is 5.74. The molecule has 0 amide bonds. The molecule has 3 aromatic heterocycles. The summed E-state index contributed by atoms with van der Waals surface area (Å²) >= 11 is 1.62. The second-order valence-corrected chi connectivity index (χ2v) is 5.92. The van der Waals surface area contributed by atoms with Gasteiger partial charge in [-0.3, -0.25) is 4.90 Å². The Labute approximate surface area is 126 Å². The molecule has 0 saturated carbocycles. The molecule has 0 aromatic carbocycles. The molecule has 0 atom stereocenters. The molecule has 0 radical (unpaired) electrons. The molecule has 3 heterocycles. The lowest BCUT2D eigenvalue weighted by atomic mass is 10.3. The maximum Gasteiger partial charge on any atom is 0.236 e. The molecule has 6 nitrogen and oxygen atoms in total. The highest BCUT2D eigenvalue weighted by Crippen LogP contribution is 2.26. The Morgan fingerprint density at radius 1 is 1.19 bits per heavy atom. The zero-order chi connectivity index (χ0) is 14.8. The summed E-state index contributed by atoms with van der Waals surface area (Å²) in [7, 11) is 2.01. The first-order valence-electron chi connectivity index (χ1n) is 6.60. The fourth-order valence-electron chi connectivity index (χ4n) is 2.04. The molecule has 0 aliphatic carbocycles. The van der Waals surface area contributed by atoms with Gasteiger partial charge in [-0.1, -0.05) is 16.4 Å². The summed E-state index contributed by atoms with van der Waals surface area (Å²) in [5.74, 6) is 1.53. The molecular formula is C14H16N4O2S. The van der Waals surface area contributed by atoms with Crippen LogP contribution in [0.5, 0.6) is 0 Å². The molecule has 3 aromatic rings. The molecule has 21 heavy (non-hydrogen) atoms. The average molecular weight is 304 g/mol. The van der Waals surface area contributed by atoms with Gasteiger partial charge in [-0.2, -0.15) is 0 Å². The zero-order valence-electron chi connectivity index (χ0n) is 12.2. The van der Waals surface area contributed by atoms with E-state index in [-0.39, 0.29) is 0 Å². The first-order valence-corrected chi connectivity index (χ1v) is 7.48. The van der Waals surface area contributed by atoms with Gasteiger partial charge in [0.25, 0.3) is 0 Å². The van der Waals surface area contributed by atoms with Crippen molar-refractivity contribution in [3.63, 3.8) is 0 Å². The molecule has 0 fully saturated rings. The van der Waals surface area contributed by atoms with Crippen molar-refractivity contribution in [2.24, 2.45) is 0 Å². The molecular weight excluding hydrogens is 288 g/mol. The second kappa shape index (κ2) is 5.79. The predicted octanol–water partition coefficient (Wildman–Crippen LogP) is 3.03. The quantitative estimate of drug-likeness (QED) is 0.721. The number of thiophene rings is 1. The number of rotatable bonds is 5. The first kappa shape index (κ1) is 14.0. The lowest BCUT2D eigenvalue weighted by Crippen LogP contribution is -2.18. The van der Waals surface area contributed by atoms with Crippen LogP contribution in [0.3, 0.4) is 0 Å². The highest BCUT2D eigenvalue weighted by atomic mass is 32.1. The van der Waals surface area contributed by atoms with Crippen LogP contribution >= 0.6 is 11.3 Å². The summed E-state index contributed by atoms with van der Waals surface area (Å²) in [6.07, 6.45) is 0. The highest BCUT2D eigenvalue weighted by Gasteiger charge is 2.15. The van der Waals surface area contributed by atoms with E-state index in [9.17, 15) is 0 Å². The highest BCUT2D eigenvalue weighted by molar-refractivity contribution is 7.13. The number of hydrogen-bond donors (Lipinski definition) is 0. The molecule has 0 unspecified atom stereocenters. The Morgan fingerprint density at radius 2 is 2.00 bits per heavy atom. The van der Waals surface area contributed by atoms with E-state index in [0.29, 0.717) is 19.0 Å². The Hall–Kier alpha value is -1.99. The van der Waals surface area contributed by atoms with E-state index in [0.717, 1.165) is 27.7 Å². The number of aryl methyl sites for hydroxylation is 2. The van der Waals surface area contributed by atoms with Crippen molar-refractivity contribution in [1.29, 1.82) is 0 Å². The summed E-state index contributed by atoms with van der Waals surface area (Å²) in [4.78, 5) is 7.74. The lowest BCUT2D eigenvalue weighted by molar-refractivity contribution is 0.277. The van der Waals surface area contributed by atoms with Gasteiger partial charge >= 0.3 is 0 Å². The molecule has 7 heteroatoms. The van der Waals surface area contributed by atoms with E-state index in [4.69, 9.17) is 9.05 Å². The average Bonchev–Trinajstić information content (AvgIpc) is 3.14. The molecule has 0 N–H and O–H groups in total. The van der Waals surface area contributed by atoms with Crippen molar-refractivity contribution in [1.82, 2.24) is 20.2 Å². The predicted molar refractivity (Wildman–Crippen MR) is 78.8 cm³/mol. The third-order valence-corrected chi connectivity index (χ3v) is 4.07. The smallest absolute Gasteiger partial charge is 0.236 e. The van der Waals surface area contributed by atoms with Crippen molar-refractivity contribution >= 4 is 11.3 Å². The Morgan fingerprint density at radius 3 is 2.67 bits per heavy atom. The number of aromatic nitrogens is 3. The molecule has 0 bridgehead atoms. The van der Waals surface area contributed by atoms with Gasteiger partial charge in [0.1, 0.15) is 17.1 Å². The largest absolute Gasteiger partial charge is 0.440 e. The van der Waals surface area contributed by atoms with Crippen LogP contribution in [-0.4, -0.2) is 27.2 Å². The van der Waals surface area contributed by atoms with Gasteiger partial charge in [0.2, 0.25) is 5.89 Å². The van der Waals surface area contributed by atoms with Crippen molar-refractivity contribution in [2.45, 2.75) is 26.9 Å². The van der Waals surface area contributed by atoms with Crippen LogP contribution in [0.15, 0.2) is 26.6 Å². The fraction of sp³-hybridized carbons (Fsp3) is 0.357. The third kappa shape index (κ3) is 3.03. The molecule has 110 valence electrons. The minimum Gasteiger partial charge on any atom is -0.440 e. The van der Waals surface area contributed by atoms with Gasteiger partial charge < -0.3 is 4.42 Å². The van der Waals surface area contributed by atoms with Crippen molar-refractivity contribution in [2.75, 3.05) is 7.05 Å². The monoisotopic (exact) mass is 304 g/mol. The fourth-order valence-corrected chi connectivity index (χ4v) is 2.69. The normalized spacial score (nSPS) is 11.4. The van der Waals surface area contributed by atoms with E-state index in [1.807, 2.05) is 38.4 Å². The molecule has 0 saturated heterocycles. The van der Waals surface area contributed by atoms with E-state index in [1.165, 1.54) is 0 Å². The van der Waals surface area contributed by atoms with Crippen LogP contribution in [0.25, 0.3) is 10.8 Å². The van der Waals surface area contributed by atoms with Gasteiger partial charge in [0, 0.05) is 13.1 Å². The van der Waals surface area contributed by atoms with Crippen molar-refractivity contribution in [3.8, 4) is 10.8 Å². The van der Waals surface area contributed by atoms with Gasteiger partial charge in [0.15, 0.2) is 0 Å². The summed E-state index contributed by atoms with van der Waals surface area (Å²) < 4.78 is 10.5. The van der Waals surface area contributed by atoms with Gasteiger partial charge in [-0.15, -0.1) is 11.3 Å². The summed E-state index contributed by atoms with van der Waals surface area (Å²) in [5, 5.41) is 9.70. The van der Waals surface area contributed by atoms with E-state index < -0.39 is 0 Å². The minimum atomic E-state index is 0.663. The first-order chi connectivity index (χ1) is 10.1. The Kier molecular flexibility index (Phi) is 3.85. The van der Waals surface area contributed by atoms with Crippen LogP contribution in [-0.2, 0) is 13.1 Å². The van der Waals surface area contributed by atoms with E-state index in [2.05, 4.69) is 20.2 Å². The van der Waals surface area contributed by atoms with Crippen LogP contribution < -0.4 is 0 Å². The zero-order valence-corrected chi connectivity index (χ0v) is 13.0. The molecule has 3 rings (SSSR count). The number of hydrogen-bond acceptors (Lipinski definition) is 7. The number of nitrogens with zero attached hydrogens (tertiary/aromatic N) is 4. The minimum absolute atomic E-state index is 0.663. The summed E-state index contributed by atoms with van der Waals surface area (Å²) in [5.41, 5.74) is 2.60. The summed E-state index contributed by atoms with van der Waals surface area (Å²) in [6.45, 7) is 5.18. The standard InChI is InChI=1S/C14H16N4O2S/c1-9-11(17-20-16-9)7-18(3)8-12-10(2)19-14(15-12)13-5-4-6-21-13/h4-6H,7-8H2,1-3H3. The SMILES string of the molecule is Cc1nonc1CN(C)Cc1nc(-c2cccs2)oc1C. The molecule has 0 spiro atoms. The van der Waals surface area contributed by atoms with Gasteiger partial charge in [0.05, 0.1) is 10.6 Å². The lowest BCUT2D eigenvalue weighted by Gasteiger charge is -2.13. The number of oxazole rings is 1. The Bertz CT molecular complexity index is 717. The van der Waals surface area contributed by atoms with Crippen LogP contribution in [0.1, 0.15) is 22.8 Å². The van der Waals surface area contributed by atoms with Crippen LogP contribution in [0.4, 0.5) is 0 Å². The molecule has 0 aliphatic heterocycles. The summed E-state index contributed by atoms with van der Waals surface area (Å²) in [6, 6.07) is 4.00. The van der Waals surface area contributed by atoms with E-state index >= 15 is 0 Å². The van der Waals surface area contributed by atoms with Gasteiger partial charge in [-0.25, -0.2) is 9.61 Å². The second-order valence-electron chi connectivity index (χ2n) is 4.97. The topological polar surface area (TPSA) is 68.2 Å². The van der Waals surface area contributed by atoms with Crippen LogP contribution in [0.2, 0.25) is 0 Å². The van der Waals surface area contributed by atoms with Gasteiger partial charge in [-0.05, 0) is 32.3 Å². The molecule has 0 aliphatic rings.